The Kier molecular flexibility index (Phi) is 5.23. The Labute approximate surface area is 167 Å². The van der Waals surface area contributed by atoms with Gasteiger partial charge in [-0.2, -0.15) is 0 Å². The van der Waals surface area contributed by atoms with Gasteiger partial charge >= 0.3 is 6.03 Å². The van der Waals surface area contributed by atoms with Crippen molar-refractivity contribution in [3.05, 3.63) is 75.8 Å². The molecule has 28 heavy (non-hydrogen) atoms. The second-order valence-corrected chi connectivity index (χ2v) is 7.86. The van der Waals surface area contributed by atoms with Crippen LogP contribution in [0.4, 0.5) is 10.5 Å². The fourth-order valence-electron chi connectivity index (χ4n) is 3.77. The van der Waals surface area contributed by atoms with Gasteiger partial charge in [0.05, 0.1) is 17.5 Å². The molecule has 0 aromatic heterocycles. The number of fused-ring (bicyclic) bond motifs is 1. The number of nitro benzene ring substituents is 1. The smallest absolute Gasteiger partial charge is 0.324 e. The third kappa shape index (κ3) is 3.33. The van der Waals surface area contributed by atoms with Gasteiger partial charge in [0.1, 0.15) is 5.37 Å². The van der Waals surface area contributed by atoms with E-state index in [-0.39, 0.29) is 29.4 Å². The summed E-state index contributed by atoms with van der Waals surface area (Å²) in [7, 11) is 0. The minimum atomic E-state index is -0.425. The van der Waals surface area contributed by atoms with Crippen LogP contribution in [0.3, 0.4) is 0 Å². The lowest BCUT2D eigenvalue weighted by Crippen LogP contribution is -2.39. The third-order valence-corrected chi connectivity index (χ3v) is 6.41. The maximum absolute atomic E-state index is 13.3. The maximum atomic E-state index is 13.3. The molecule has 8 heteroatoms. The first-order valence-electron chi connectivity index (χ1n) is 9.20. The van der Waals surface area contributed by atoms with E-state index in [0.29, 0.717) is 13.2 Å². The quantitative estimate of drug-likeness (QED) is 0.542. The zero-order chi connectivity index (χ0) is 19.7. The molecule has 2 fully saturated rings. The standard InChI is InChI=1S/C20H21N3O4S/c1-2-27-18-17-13-28-19(15-6-4-3-5-7-15)22(17)20(24)21(18)12-14-8-10-16(11-9-14)23(25)26/h3-11,17-19H,2,12-13H2,1H3/t17-,18?,19?/m0/s1. The summed E-state index contributed by atoms with van der Waals surface area (Å²) in [4.78, 5) is 27.4. The van der Waals surface area contributed by atoms with Crippen LogP contribution in [0.1, 0.15) is 23.4 Å². The molecule has 2 saturated heterocycles. The van der Waals surface area contributed by atoms with Crippen molar-refractivity contribution in [2.75, 3.05) is 12.4 Å². The Hall–Kier alpha value is -2.58. The predicted octanol–water partition coefficient (Wildman–Crippen LogP) is 4.01. The number of ether oxygens (including phenoxy) is 1. The summed E-state index contributed by atoms with van der Waals surface area (Å²) in [5.74, 6) is 0.812. The largest absolute Gasteiger partial charge is 0.356 e. The number of nitrogens with zero attached hydrogens (tertiary/aromatic N) is 3. The normalized spacial score (nSPS) is 23.9. The van der Waals surface area contributed by atoms with Crippen molar-refractivity contribution in [3.8, 4) is 0 Å². The molecule has 146 valence electrons. The fourth-order valence-corrected chi connectivity index (χ4v) is 5.24. The highest BCUT2D eigenvalue weighted by Gasteiger charge is 2.53. The lowest BCUT2D eigenvalue weighted by Gasteiger charge is -2.25. The Bertz CT molecular complexity index is 862. The van der Waals surface area contributed by atoms with E-state index in [4.69, 9.17) is 4.74 Å². The number of hydrogen-bond donors (Lipinski definition) is 0. The highest BCUT2D eigenvalue weighted by Crippen LogP contribution is 2.47. The maximum Gasteiger partial charge on any atom is 0.324 e. The van der Waals surface area contributed by atoms with E-state index < -0.39 is 4.92 Å². The number of amides is 2. The van der Waals surface area contributed by atoms with Crippen LogP contribution in [0.15, 0.2) is 54.6 Å². The van der Waals surface area contributed by atoms with Crippen LogP contribution in [0.5, 0.6) is 0 Å². The first-order valence-corrected chi connectivity index (χ1v) is 10.3. The Balaban J connectivity index is 1.58. The molecule has 2 aromatic rings. The van der Waals surface area contributed by atoms with Gasteiger partial charge in [-0.1, -0.05) is 42.5 Å². The molecule has 0 N–H and O–H groups in total. The van der Waals surface area contributed by atoms with E-state index in [0.717, 1.165) is 16.9 Å². The molecule has 3 atom stereocenters. The fraction of sp³-hybridized carbons (Fsp3) is 0.350. The lowest BCUT2D eigenvalue weighted by molar-refractivity contribution is -0.384. The van der Waals surface area contributed by atoms with Crippen LogP contribution in [0.25, 0.3) is 0 Å². The van der Waals surface area contributed by atoms with Gasteiger partial charge in [-0.15, -0.1) is 11.8 Å². The average Bonchev–Trinajstić information content (AvgIpc) is 3.25. The van der Waals surface area contributed by atoms with Gasteiger partial charge in [-0.25, -0.2) is 4.79 Å². The number of carbonyl (C=O) groups excluding carboxylic acids is 1. The minimum absolute atomic E-state index is 0.0132. The van der Waals surface area contributed by atoms with E-state index in [1.165, 1.54) is 12.1 Å². The number of hydrogen-bond acceptors (Lipinski definition) is 5. The summed E-state index contributed by atoms with van der Waals surface area (Å²) in [6.45, 7) is 2.80. The number of urea groups is 1. The van der Waals surface area contributed by atoms with E-state index in [1.807, 2.05) is 42.2 Å². The Morgan fingerprint density at radius 3 is 2.54 bits per heavy atom. The summed E-state index contributed by atoms with van der Waals surface area (Å²) in [5, 5.41) is 10.8. The summed E-state index contributed by atoms with van der Waals surface area (Å²) >= 11 is 1.76. The van der Waals surface area contributed by atoms with Crippen molar-refractivity contribution in [2.45, 2.75) is 31.1 Å². The number of benzene rings is 2. The number of non-ortho nitro benzene ring substituents is 1. The SMILES string of the molecule is CCOC1[C@@H]2CSC(c3ccccc3)N2C(=O)N1Cc1ccc([N+](=O)[O-])cc1. The van der Waals surface area contributed by atoms with E-state index in [2.05, 4.69) is 0 Å². The molecule has 4 rings (SSSR count). The summed E-state index contributed by atoms with van der Waals surface area (Å²) < 4.78 is 5.96. The van der Waals surface area contributed by atoms with Gasteiger partial charge in [0.25, 0.3) is 5.69 Å². The molecular weight excluding hydrogens is 378 g/mol. The number of nitro groups is 1. The van der Waals surface area contributed by atoms with Crippen molar-refractivity contribution < 1.29 is 14.5 Å². The predicted molar refractivity (Wildman–Crippen MR) is 107 cm³/mol. The van der Waals surface area contributed by atoms with Gasteiger partial charge in [0, 0.05) is 24.5 Å². The zero-order valence-electron chi connectivity index (χ0n) is 15.4. The first kappa shape index (κ1) is 18.8. The molecule has 2 aliphatic heterocycles. The molecule has 0 saturated carbocycles. The average molecular weight is 399 g/mol. The molecule has 2 unspecified atom stereocenters. The van der Waals surface area contributed by atoms with E-state index >= 15 is 0 Å². The van der Waals surface area contributed by atoms with Crippen LogP contribution in [0, 0.1) is 10.1 Å². The molecule has 0 radical (unpaired) electrons. The van der Waals surface area contributed by atoms with Crippen molar-refractivity contribution in [1.82, 2.24) is 9.80 Å². The molecule has 0 aliphatic carbocycles. The van der Waals surface area contributed by atoms with E-state index in [1.54, 1.807) is 28.8 Å². The van der Waals surface area contributed by atoms with Gasteiger partial charge < -0.3 is 9.64 Å². The van der Waals surface area contributed by atoms with Crippen LogP contribution in [-0.4, -0.2) is 45.4 Å². The van der Waals surface area contributed by atoms with Crippen LogP contribution in [0.2, 0.25) is 0 Å². The number of thioether (sulfide) groups is 1. The van der Waals surface area contributed by atoms with Crippen LogP contribution >= 0.6 is 11.8 Å². The molecular formula is C20H21N3O4S. The monoisotopic (exact) mass is 399 g/mol. The molecule has 2 heterocycles. The molecule has 0 spiro atoms. The van der Waals surface area contributed by atoms with Gasteiger partial charge in [-0.3, -0.25) is 15.0 Å². The van der Waals surface area contributed by atoms with Gasteiger partial charge in [-0.05, 0) is 18.1 Å². The molecule has 2 aromatic carbocycles. The summed E-state index contributed by atoms with van der Waals surface area (Å²) in [6.07, 6.45) is -0.325. The second-order valence-electron chi connectivity index (χ2n) is 6.75. The number of rotatable bonds is 6. The third-order valence-electron chi connectivity index (χ3n) is 5.06. The molecule has 2 aliphatic rings. The molecule has 0 bridgehead atoms. The van der Waals surface area contributed by atoms with Gasteiger partial charge in [0.15, 0.2) is 6.23 Å². The summed E-state index contributed by atoms with van der Waals surface area (Å²) in [6, 6.07) is 16.3. The highest BCUT2D eigenvalue weighted by molar-refractivity contribution is 7.99. The first-order chi connectivity index (χ1) is 13.6. The minimum Gasteiger partial charge on any atom is -0.356 e. The molecule has 7 nitrogen and oxygen atoms in total. The second kappa shape index (κ2) is 7.81. The number of carbonyl (C=O) groups is 1. The topological polar surface area (TPSA) is 75.9 Å². The van der Waals surface area contributed by atoms with Crippen molar-refractivity contribution in [3.63, 3.8) is 0 Å². The zero-order valence-corrected chi connectivity index (χ0v) is 16.2. The van der Waals surface area contributed by atoms with Gasteiger partial charge in [0.2, 0.25) is 0 Å². The van der Waals surface area contributed by atoms with Crippen LogP contribution < -0.4 is 0 Å². The van der Waals surface area contributed by atoms with Crippen LogP contribution in [-0.2, 0) is 11.3 Å². The van der Waals surface area contributed by atoms with Crippen molar-refractivity contribution in [2.24, 2.45) is 0 Å². The summed E-state index contributed by atoms with van der Waals surface area (Å²) in [5.41, 5.74) is 1.99. The lowest BCUT2D eigenvalue weighted by atomic mass is 10.2. The van der Waals surface area contributed by atoms with Crippen molar-refractivity contribution >= 4 is 23.5 Å². The highest BCUT2D eigenvalue weighted by atomic mass is 32.2. The van der Waals surface area contributed by atoms with Crippen molar-refractivity contribution in [1.29, 1.82) is 0 Å². The Morgan fingerprint density at radius 2 is 1.89 bits per heavy atom. The Morgan fingerprint density at radius 1 is 1.18 bits per heavy atom. The van der Waals surface area contributed by atoms with E-state index in [9.17, 15) is 14.9 Å². The molecule has 2 amide bonds.